The molecule has 0 radical (unpaired) electrons. The average molecular weight is 780 g/mol. The number of benzene rings is 3. The number of aromatic hydroxyl groups is 1. The van der Waals surface area contributed by atoms with Crippen molar-refractivity contribution in [2.75, 3.05) is 39.9 Å². The highest BCUT2D eigenvalue weighted by atomic mass is 32.2. The van der Waals surface area contributed by atoms with E-state index < -0.39 is 17.6 Å². The summed E-state index contributed by atoms with van der Waals surface area (Å²) < 4.78 is 23.9. The van der Waals surface area contributed by atoms with E-state index in [2.05, 4.69) is 85.2 Å². The van der Waals surface area contributed by atoms with Crippen molar-refractivity contribution in [2.45, 2.75) is 94.5 Å². The van der Waals surface area contributed by atoms with Gasteiger partial charge >= 0.3 is 0 Å². The lowest BCUT2D eigenvalue weighted by Gasteiger charge is -2.62. The number of aromatic nitrogens is 1. The van der Waals surface area contributed by atoms with Crippen molar-refractivity contribution in [3.8, 4) is 29.1 Å². The molecular formula is C43H49N5O7S. The highest BCUT2D eigenvalue weighted by molar-refractivity contribution is 7.99. The first-order valence-corrected chi connectivity index (χ1v) is 20.4. The molecule has 6 heterocycles. The van der Waals surface area contributed by atoms with E-state index in [1.54, 1.807) is 18.9 Å². The molecule has 0 unspecified atom stereocenters. The smallest absolute Gasteiger partial charge is 0.293 e. The number of hydrogen-bond acceptors (Lipinski definition) is 12. The van der Waals surface area contributed by atoms with E-state index in [1.165, 1.54) is 16.5 Å². The van der Waals surface area contributed by atoms with Crippen LogP contribution in [-0.2, 0) is 27.9 Å². The number of hydrogen-bond donors (Lipinski definition) is 4. The Bertz CT molecular complexity index is 2320. The molecule has 4 N–H and O–H groups in total. The minimum Gasteiger partial charge on any atom is -0.504 e. The number of fused-ring (bicyclic) bond motifs is 12. The summed E-state index contributed by atoms with van der Waals surface area (Å²) in [5.41, 5.74) is 10.6. The number of aromatic amines is 1. The molecule has 3 aromatic carbocycles. The molecular weight excluding hydrogens is 731 g/mol. The molecule has 0 amide bonds. The Morgan fingerprint density at radius 2 is 1.89 bits per heavy atom. The second-order valence-electron chi connectivity index (χ2n) is 16.4. The molecule has 5 aliphatic heterocycles. The lowest BCUT2D eigenvalue weighted by atomic mass is 9.71. The third-order valence-corrected chi connectivity index (χ3v) is 15.0. The molecule has 294 valence electrons. The number of nitrogens with zero attached hydrogens (tertiary/aromatic N) is 3. The highest BCUT2D eigenvalue weighted by Gasteiger charge is 2.60. The number of carbonyl (C=O) groups excluding carboxylic acids is 1. The van der Waals surface area contributed by atoms with E-state index in [4.69, 9.17) is 18.9 Å². The number of nitrogens with one attached hydrogen (secondary N) is 2. The first-order valence-electron chi connectivity index (χ1n) is 19.3. The number of aliphatic hydroxyl groups is 1. The molecule has 56 heavy (non-hydrogen) atoms. The minimum absolute atomic E-state index is 0.00351. The van der Waals surface area contributed by atoms with Gasteiger partial charge in [0.05, 0.1) is 37.4 Å². The van der Waals surface area contributed by atoms with Crippen molar-refractivity contribution in [2.24, 2.45) is 0 Å². The molecule has 1 saturated heterocycles. The maximum atomic E-state index is 12.1. The predicted molar refractivity (Wildman–Crippen MR) is 213 cm³/mol. The molecule has 8 atom stereocenters. The maximum Gasteiger partial charge on any atom is 0.293 e. The SMILES string of the molecule is COc1c(C)cc2c(c1O)[C@@H]1[C@@H]3[C@H](SC[C@@]4(C)N[C@H](CO)Cc5c4[nH]c4ccc(C)cc54)c4c(C)c(C)c5c(c4[C@H](COC=O)N3[C@@H](C#N)[C@H](C2)N1C)OCO5. The van der Waals surface area contributed by atoms with Gasteiger partial charge < -0.3 is 39.5 Å². The third-order valence-electron chi connectivity index (χ3n) is 13.4. The summed E-state index contributed by atoms with van der Waals surface area (Å²) in [6, 6.07) is 9.06. The molecule has 1 aromatic heterocycles. The summed E-state index contributed by atoms with van der Waals surface area (Å²) in [6.45, 7) is 11.0. The van der Waals surface area contributed by atoms with Crippen LogP contribution in [0.25, 0.3) is 10.9 Å². The van der Waals surface area contributed by atoms with E-state index in [0.717, 1.165) is 50.2 Å². The molecule has 1 fully saturated rings. The van der Waals surface area contributed by atoms with Crippen LogP contribution in [-0.4, -0.2) is 95.6 Å². The quantitative estimate of drug-likeness (QED) is 0.169. The highest BCUT2D eigenvalue weighted by Crippen LogP contribution is 2.62. The number of phenols is 1. The number of likely N-dealkylation sites (N-methyl/N-ethyl adjacent to an activating group) is 1. The van der Waals surface area contributed by atoms with E-state index in [-0.39, 0.29) is 55.2 Å². The van der Waals surface area contributed by atoms with Gasteiger partial charge in [-0.15, -0.1) is 11.8 Å². The van der Waals surface area contributed by atoms with Crippen LogP contribution in [0.1, 0.15) is 80.0 Å². The van der Waals surface area contributed by atoms with Crippen molar-refractivity contribution >= 4 is 29.1 Å². The van der Waals surface area contributed by atoms with Crippen molar-refractivity contribution in [1.29, 1.82) is 5.26 Å². The van der Waals surface area contributed by atoms with Crippen LogP contribution >= 0.6 is 11.8 Å². The Balaban J connectivity index is 1.27. The molecule has 13 heteroatoms. The first-order chi connectivity index (χ1) is 27.0. The summed E-state index contributed by atoms with van der Waals surface area (Å²) >= 11 is 1.81. The maximum absolute atomic E-state index is 12.1. The fraction of sp³-hybridized carbons (Fsp3) is 0.488. The van der Waals surface area contributed by atoms with Gasteiger partial charge in [-0.25, -0.2) is 0 Å². The zero-order valence-corrected chi connectivity index (χ0v) is 33.7. The topological polar surface area (TPSA) is 153 Å². The van der Waals surface area contributed by atoms with Crippen molar-refractivity contribution in [3.63, 3.8) is 0 Å². The number of rotatable bonds is 8. The van der Waals surface area contributed by atoms with Crippen LogP contribution in [0.15, 0.2) is 24.3 Å². The van der Waals surface area contributed by atoms with Gasteiger partial charge in [0.2, 0.25) is 6.79 Å². The van der Waals surface area contributed by atoms with Gasteiger partial charge in [0.25, 0.3) is 6.47 Å². The van der Waals surface area contributed by atoms with Crippen LogP contribution in [0.2, 0.25) is 0 Å². The molecule has 2 bridgehead atoms. The summed E-state index contributed by atoms with van der Waals surface area (Å²) in [7, 11) is 3.64. The Hall–Kier alpha value is -4.45. The van der Waals surface area contributed by atoms with Crippen LogP contribution < -0.4 is 19.5 Å². The summed E-state index contributed by atoms with van der Waals surface area (Å²) in [6.07, 6.45) is 1.25. The molecule has 4 aromatic rings. The fourth-order valence-corrected chi connectivity index (χ4v) is 12.6. The van der Waals surface area contributed by atoms with Gasteiger partial charge in [-0.1, -0.05) is 17.7 Å². The monoisotopic (exact) mass is 779 g/mol. The minimum atomic E-state index is -0.597. The first kappa shape index (κ1) is 37.1. The molecule has 12 nitrogen and oxygen atoms in total. The van der Waals surface area contributed by atoms with Crippen molar-refractivity contribution < 1.29 is 34.0 Å². The third kappa shape index (κ3) is 5.22. The molecule has 0 spiro atoms. The van der Waals surface area contributed by atoms with Gasteiger partial charge in [0.15, 0.2) is 23.0 Å². The zero-order chi connectivity index (χ0) is 39.4. The largest absolute Gasteiger partial charge is 0.504 e. The Morgan fingerprint density at radius 1 is 1.11 bits per heavy atom. The Labute approximate surface area is 331 Å². The summed E-state index contributed by atoms with van der Waals surface area (Å²) in [4.78, 5) is 20.3. The van der Waals surface area contributed by atoms with E-state index in [9.17, 15) is 20.3 Å². The number of H-pyrrole nitrogens is 1. The number of thioether (sulfide) groups is 1. The van der Waals surface area contributed by atoms with E-state index in [0.29, 0.717) is 42.3 Å². The summed E-state index contributed by atoms with van der Waals surface area (Å²) in [5.74, 6) is 2.47. The lowest BCUT2D eigenvalue weighted by Crippen LogP contribution is -2.69. The number of aryl methyl sites for hydroxylation is 2. The molecule has 0 saturated carbocycles. The van der Waals surface area contributed by atoms with Crippen molar-refractivity contribution in [3.05, 3.63) is 80.0 Å². The van der Waals surface area contributed by atoms with Gasteiger partial charge in [-0.05, 0) is 100 Å². The normalized spacial score (nSPS) is 28.9. The molecule has 9 rings (SSSR count). The number of piperazine rings is 1. The van der Waals surface area contributed by atoms with Gasteiger partial charge in [-0.2, -0.15) is 5.26 Å². The number of ether oxygens (including phenoxy) is 4. The van der Waals surface area contributed by atoms with Crippen LogP contribution in [0.5, 0.6) is 23.0 Å². The standard InChI is InChI=1S/C43H49N5O7S/c1-20-8-9-28-26(10-20)27-13-25(15-49)46-43(5,42(27)45-28)17-56-41-32-22(3)23(4)39-40(55-19-54-39)34(32)31(16-53-18-50)48-30(14-44)29-12-24-11-21(2)38(52-7)37(51)33(24)35(36(41)48)47(29)6/h8-11,18,25,29-31,35-36,41,45-46,49,51H,12-13,15-17,19H2,1-7H3/t25-,29-,30-,31-,35+,36+,41+,43+/m0/s1. The van der Waals surface area contributed by atoms with Crippen LogP contribution in [0.4, 0.5) is 0 Å². The van der Waals surface area contributed by atoms with E-state index >= 15 is 0 Å². The van der Waals surface area contributed by atoms with Crippen LogP contribution in [0, 0.1) is 39.0 Å². The molecule has 5 aliphatic rings. The van der Waals surface area contributed by atoms with Gasteiger partial charge in [0.1, 0.15) is 12.6 Å². The predicted octanol–water partition coefficient (Wildman–Crippen LogP) is 5.44. The van der Waals surface area contributed by atoms with Gasteiger partial charge in [-0.3, -0.25) is 14.6 Å². The Kier molecular flexibility index (Phi) is 9.02. The number of carbonyl (C=O) groups is 1. The second kappa shape index (κ2) is 13.6. The number of phenolic OH excluding ortho intramolecular Hbond substituents is 1. The fourth-order valence-electron chi connectivity index (χ4n) is 10.9. The number of aliphatic hydroxyl groups excluding tert-OH is 1. The van der Waals surface area contributed by atoms with Crippen LogP contribution in [0.3, 0.4) is 0 Å². The molecule has 0 aliphatic carbocycles. The second-order valence-corrected chi connectivity index (χ2v) is 17.6. The average Bonchev–Trinajstić information content (AvgIpc) is 3.82. The summed E-state index contributed by atoms with van der Waals surface area (Å²) in [5, 5.41) is 38.7. The lowest BCUT2D eigenvalue weighted by molar-refractivity contribution is -0.134. The Morgan fingerprint density at radius 3 is 2.62 bits per heavy atom. The van der Waals surface area contributed by atoms with Gasteiger partial charge in [0, 0.05) is 56.9 Å². The van der Waals surface area contributed by atoms with Crippen molar-refractivity contribution in [1.82, 2.24) is 20.1 Å². The number of methoxy groups -OCH3 is 1. The van der Waals surface area contributed by atoms with E-state index in [1.807, 2.05) is 6.92 Å². The zero-order valence-electron chi connectivity index (χ0n) is 32.9. The number of nitriles is 1.